The highest BCUT2D eigenvalue weighted by Gasteiger charge is 2.15. The van der Waals surface area contributed by atoms with Crippen LogP contribution in [0.5, 0.6) is 0 Å². The summed E-state index contributed by atoms with van der Waals surface area (Å²) in [6.07, 6.45) is 0.883. The van der Waals surface area contributed by atoms with E-state index in [9.17, 15) is 4.79 Å². The molecular weight excluding hydrogens is 358 g/mol. The van der Waals surface area contributed by atoms with Crippen molar-refractivity contribution in [3.05, 3.63) is 38.7 Å². The van der Waals surface area contributed by atoms with Gasteiger partial charge in [0.25, 0.3) is 0 Å². The van der Waals surface area contributed by atoms with Crippen LogP contribution in [-0.4, -0.2) is 28.2 Å². The molecule has 0 atom stereocenters. The van der Waals surface area contributed by atoms with Gasteiger partial charge in [-0.2, -0.15) is 0 Å². The molecule has 0 spiro atoms. The smallest absolute Gasteiger partial charge is 0.230 e. The first-order chi connectivity index (χ1) is 11.5. The van der Waals surface area contributed by atoms with Gasteiger partial charge in [0.2, 0.25) is 5.91 Å². The number of rotatable bonds is 6. The van der Waals surface area contributed by atoms with Crippen molar-refractivity contribution in [2.75, 3.05) is 12.3 Å². The summed E-state index contributed by atoms with van der Waals surface area (Å²) >= 11 is 4.90. The van der Waals surface area contributed by atoms with Crippen molar-refractivity contribution >= 4 is 50.6 Å². The number of thiophene rings is 2. The lowest BCUT2D eigenvalue weighted by Crippen LogP contribution is -2.27. The molecule has 24 heavy (non-hydrogen) atoms. The van der Waals surface area contributed by atoms with E-state index in [1.54, 1.807) is 22.7 Å². The monoisotopic (exact) mass is 377 g/mol. The van der Waals surface area contributed by atoms with Crippen molar-refractivity contribution < 1.29 is 4.79 Å². The number of hydrogen-bond donors (Lipinski definition) is 1. The molecule has 3 aromatic rings. The first-order valence-corrected chi connectivity index (χ1v) is 10.4. The minimum absolute atomic E-state index is 0.0468. The summed E-state index contributed by atoms with van der Waals surface area (Å²) in [6.45, 7) is 6.77. The Balaban J connectivity index is 1.61. The Morgan fingerprint density at radius 2 is 2.12 bits per heavy atom. The van der Waals surface area contributed by atoms with Crippen LogP contribution < -0.4 is 5.32 Å². The highest BCUT2D eigenvalue weighted by atomic mass is 32.2. The molecular formula is C17H19N3OS3. The Bertz CT molecular complexity index is 856. The van der Waals surface area contributed by atoms with Crippen molar-refractivity contribution in [3.63, 3.8) is 0 Å². The number of amides is 1. The Morgan fingerprint density at radius 1 is 1.29 bits per heavy atom. The number of carbonyl (C=O) groups excluding carboxylic acids is 1. The average molecular weight is 378 g/mol. The van der Waals surface area contributed by atoms with Gasteiger partial charge in [0.15, 0.2) is 0 Å². The van der Waals surface area contributed by atoms with Crippen LogP contribution in [0.25, 0.3) is 10.2 Å². The fraction of sp³-hybridized carbons (Fsp3) is 0.353. The van der Waals surface area contributed by atoms with Crippen molar-refractivity contribution in [2.45, 2.75) is 32.2 Å². The Morgan fingerprint density at radius 3 is 2.88 bits per heavy atom. The predicted octanol–water partition coefficient (Wildman–Crippen LogP) is 4.13. The third-order valence-corrected chi connectivity index (χ3v) is 6.73. The van der Waals surface area contributed by atoms with Gasteiger partial charge in [-0.1, -0.05) is 17.8 Å². The second-order valence-electron chi connectivity index (χ2n) is 5.51. The summed E-state index contributed by atoms with van der Waals surface area (Å²) in [5, 5.41) is 7.04. The lowest BCUT2D eigenvalue weighted by molar-refractivity contribution is -0.118. The highest BCUT2D eigenvalue weighted by Crippen LogP contribution is 2.34. The molecule has 1 amide bonds. The zero-order valence-electron chi connectivity index (χ0n) is 13.9. The van der Waals surface area contributed by atoms with Crippen molar-refractivity contribution in [3.8, 4) is 0 Å². The summed E-state index contributed by atoms with van der Waals surface area (Å²) in [4.78, 5) is 24.7. The summed E-state index contributed by atoms with van der Waals surface area (Å²) in [7, 11) is 0. The fourth-order valence-electron chi connectivity index (χ4n) is 2.38. The molecule has 0 bridgehead atoms. The van der Waals surface area contributed by atoms with Gasteiger partial charge in [-0.05, 0) is 44.2 Å². The van der Waals surface area contributed by atoms with E-state index >= 15 is 0 Å². The molecule has 3 heterocycles. The SMILES string of the molecule is Cc1nc(SCC(=O)NCCc2cccs2)c2c(C)c(C)sc2n1. The number of nitrogens with one attached hydrogen (secondary N) is 1. The number of carbonyl (C=O) groups is 1. The number of fused-ring (bicyclic) bond motifs is 1. The van der Waals surface area contributed by atoms with E-state index in [0.29, 0.717) is 12.3 Å². The van der Waals surface area contributed by atoms with Crippen LogP contribution in [0.3, 0.4) is 0 Å². The Hall–Kier alpha value is -1.44. The van der Waals surface area contributed by atoms with Gasteiger partial charge in [0.05, 0.1) is 5.75 Å². The minimum Gasteiger partial charge on any atom is -0.355 e. The van der Waals surface area contributed by atoms with Crippen LogP contribution in [0.4, 0.5) is 0 Å². The van der Waals surface area contributed by atoms with Crippen LogP contribution in [-0.2, 0) is 11.2 Å². The van der Waals surface area contributed by atoms with Gasteiger partial charge >= 0.3 is 0 Å². The van der Waals surface area contributed by atoms with Crippen LogP contribution in [0.1, 0.15) is 21.1 Å². The molecule has 3 rings (SSSR count). The van der Waals surface area contributed by atoms with Crippen LogP contribution in [0.15, 0.2) is 22.5 Å². The lowest BCUT2D eigenvalue weighted by Gasteiger charge is -2.06. The molecule has 0 unspecified atom stereocenters. The average Bonchev–Trinajstić information content (AvgIpc) is 3.14. The summed E-state index contributed by atoms with van der Waals surface area (Å²) in [5.41, 5.74) is 1.22. The molecule has 126 valence electrons. The molecule has 1 N–H and O–H groups in total. The summed E-state index contributed by atoms with van der Waals surface area (Å²) in [5.74, 6) is 1.18. The third-order valence-electron chi connectivity index (χ3n) is 3.72. The van der Waals surface area contributed by atoms with E-state index in [2.05, 4.69) is 40.6 Å². The van der Waals surface area contributed by atoms with Crippen molar-refractivity contribution in [1.29, 1.82) is 0 Å². The van der Waals surface area contributed by atoms with Gasteiger partial charge in [-0.15, -0.1) is 22.7 Å². The largest absolute Gasteiger partial charge is 0.355 e. The number of hydrogen-bond acceptors (Lipinski definition) is 6. The predicted molar refractivity (Wildman–Crippen MR) is 103 cm³/mol. The minimum atomic E-state index is 0.0468. The van der Waals surface area contributed by atoms with Gasteiger partial charge in [-0.25, -0.2) is 9.97 Å². The van der Waals surface area contributed by atoms with E-state index in [1.807, 2.05) is 13.0 Å². The van der Waals surface area contributed by atoms with Gasteiger partial charge in [0.1, 0.15) is 15.7 Å². The molecule has 3 aromatic heterocycles. The van der Waals surface area contributed by atoms with E-state index in [0.717, 1.165) is 27.5 Å². The van der Waals surface area contributed by atoms with Crippen LogP contribution >= 0.6 is 34.4 Å². The zero-order valence-corrected chi connectivity index (χ0v) is 16.3. The molecule has 0 saturated carbocycles. The molecule has 0 radical (unpaired) electrons. The van der Waals surface area contributed by atoms with Crippen molar-refractivity contribution in [2.24, 2.45) is 0 Å². The van der Waals surface area contributed by atoms with Gasteiger partial charge < -0.3 is 5.32 Å². The van der Waals surface area contributed by atoms with E-state index < -0.39 is 0 Å². The topological polar surface area (TPSA) is 54.9 Å². The zero-order chi connectivity index (χ0) is 17.1. The number of thioether (sulfide) groups is 1. The standard InChI is InChI=1S/C17H19N3OS3/c1-10-11(2)24-17-15(10)16(19-12(3)20-17)23-9-14(21)18-7-6-13-5-4-8-22-13/h4-5,8H,6-7,9H2,1-3H3,(H,18,21). The maximum absolute atomic E-state index is 12.1. The van der Waals surface area contributed by atoms with E-state index in [-0.39, 0.29) is 5.91 Å². The third kappa shape index (κ3) is 3.96. The molecule has 0 saturated heterocycles. The fourth-order valence-corrected chi connectivity index (χ4v) is 5.19. The molecule has 4 nitrogen and oxygen atoms in total. The number of aryl methyl sites for hydroxylation is 3. The van der Waals surface area contributed by atoms with Gasteiger partial charge in [-0.3, -0.25) is 4.79 Å². The molecule has 0 aliphatic rings. The second-order valence-corrected chi connectivity index (χ2v) is 8.71. The quantitative estimate of drug-likeness (QED) is 0.518. The lowest BCUT2D eigenvalue weighted by atomic mass is 10.2. The second kappa shape index (κ2) is 7.63. The molecule has 0 aliphatic heterocycles. The van der Waals surface area contributed by atoms with Gasteiger partial charge in [0, 0.05) is 21.7 Å². The highest BCUT2D eigenvalue weighted by molar-refractivity contribution is 8.00. The summed E-state index contributed by atoms with van der Waals surface area (Å²) < 4.78 is 0. The number of nitrogens with zero attached hydrogens (tertiary/aromatic N) is 2. The van der Waals surface area contributed by atoms with Crippen molar-refractivity contribution in [1.82, 2.24) is 15.3 Å². The van der Waals surface area contributed by atoms with Crippen LogP contribution in [0.2, 0.25) is 0 Å². The molecule has 0 aromatic carbocycles. The summed E-state index contributed by atoms with van der Waals surface area (Å²) in [6, 6.07) is 4.12. The van der Waals surface area contributed by atoms with Crippen LogP contribution in [0, 0.1) is 20.8 Å². The van der Waals surface area contributed by atoms with E-state index in [4.69, 9.17) is 0 Å². The molecule has 7 heteroatoms. The number of aromatic nitrogens is 2. The first kappa shape index (κ1) is 17.4. The maximum Gasteiger partial charge on any atom is 0.230 e. The normalized spacial score (nSPS) is 11.1. The van der Waals surface area contributed by atoms with E-state index in [1.165, 1.54) is 27.1 Å². The maximum atomic E-state index is 12.1. The Kier molecular flexibility index (Phi) is 5.53. The molecule has 0 fully saturated rings. The Labute approximate surface area is 153 Å². The first-order valence-electron chi connectivity index (χ1n) is 7.71. The molecule has 0 aliphatic carbocycles.